The first-order valence-corrected chi connectivity index (χ1v) is 6.01. The fourth-order valence-electron chi connectivity index (χ4n) is 1.55. The van der Waals surface area contributed by atoms with Gasteiger partial charge in [-0.3, -0.25) is 4.79 Å². The molecule has 1 aromatic heterocycles. The van der Waals surface area contributed by atoms with Gasteiger partial charge in [0.05, 0.1) is 17.1 Å². The van der Waals surface area contributed by atoms with Gasteiger partial charge in [-0.2, -0.15) is 0 Å². The van der Waals surface area contributed by atoms with Gasteiger partial charge in [-0.05, 0) is 24.3 Å². The van der Waals surface area contributed by atoms with E-state index in [1.54, 1.807) is 0 Å². The Labute approximate surface area is 122 Å². The minimum Gasteiger partial charge on any atom is -0.475 e. The first-order valence-electron chi connectivity index (χ1n) is 5.63. The molecule has 5 nitrogen and oxygen atoms in total. The number of furan rings is 1. The van der Waals surface area contributed by atoms with Gasteiger partial charge < -0.3 is 14.8 Å². The van der Waals surface area contributed by atoms with E-state index in [-0.39, 0.29) is 28.7 Å². The Morgan fingerprint density at radius 1 is 1.24 bits per heavy atom. The summed E-state index contributed by atoms with van der Waals surface area (Å²) in [5, 5.41) is 10.8. The smallest absolute Gasteiger partial charge is 0.371 e. The number of carbonyl (C=O) groups excluding carboxylic acids is 1. The monoisotopic (exact) mass is 315 g/mol. The fraction of sp³-hybridized carbons (Fsp3) is 0.0769. The maximum atomic E-state index is 13.1. The lowest BCUT2D eigenvalue weighted by Crippen LogP contribution is -2.23. The van der Waals surface area contributed by atoms with Crippen molar-refractivity contribution in [3.63, 3.8) is 0 Å². The third-order valence-corrected chi connectivity index (χ3v) is 2.86. The van der Waals surface area contributed by atoms with E-state index < -0.39 is 23.5 Å². The van der Waals surface area contributed by atoms with E-state index in [0.29, 0.717) is 12.1 Å². The van der Waals surface area contributed by atoms with Crippen molar-refractivity contribution in [2.75, 3.05) is 0 Å². The number of benzene rings is 1. The van der Waals surface area contributed by atoms with Gasteiger partial charge in [-0.15, -0.1) is 0 Å². The number of rotatable bonds is 4. The lowest BCUT2D eigenvalue weighted by molar-refractivity contribution is 0.0660. The van der Waals surface area contributed by atoms with Gasteiger partial charge in [0.15, 0.2) is 11.6 Å². The van der Waals surface area contributed by atoms with Crippen molar-refractivity contribution in [2.45, 2.75) is 6.54 Å². The summed E-state index contributed by atoms with van der Waals surface area (Å²) in [7, 11) is 0. The Hall–Kier alpha value is -2.41. The Bertz CT molecular complexity index is 714. The second-order valence-corrected chi connectivity index (χ2v) is 4.41. The van der Waals surface area contributed by atoms with Crippen LogP contribution in [0.3, 0.4) is 0 Å². The normalized spacial score (nSPS) is 10.4. The Balaban J connectivity index is 2.08. The molecule has 0 aliphatic carbocycles. The third-order valence-electron chi connectivity index (χ3n) is 2.55. The lowest BCUT2D eigenvalue weighted by Gasteiger charge is -2.06. The summed E-state index contributed by atoms with van der Waals surface area (Å²) in [6, 6.07) is 3.98. The van der Waals surface area contributed by atoms with Gasteiger partial charge in [0.1, 0.15) is 5.76 Å². The highest BCUT2D eigenvalue weighted by Crippen LogP contribution is 2.20. The van der Waals surface area contributed by atoms with E-state index in [1.807, 2.05) is 0 Å². The number of hydrogen-bond acceptors (Lipinski definition) is 3. The minimum absolute atomic E-state index is 0.124. The van der Waals surface area contributed by atoms with Crippen molar-refractivity contribution < 1.29 is 27.9 Å². The first kappa shape index (κ1) is 15.0. The van der Waals surface area contributed by atoms with Crippen molar-refractivity contribution in [2.24, 2.45) is 0 Å². The molecular formula is C13H8ClF2NO4. The molecule has 0 fully saturated rings. The van der Waals surface area contributed by atoms with Crippen LogP contribution in [0.1, 0.15) is 26.7 Å². The summed E-state index contributed by atoms with van der Waals surface area (Å²) in [4.78, 5) is 22.4. The quantitative estimate of drug-likeness (QED) is 0.850. The SMILES string of the molecule is O=C(O)c1ccc(CNC(=O)c2cc(F)c(F)cc2Cl)o1. The van der Waals surface area contributed by atoms with Gasteiger partial charge in [-0.1, -0.05) is 11.6 Å². The zero-order valence-electron chi connectivity index (χ0n) is 10.3. The second-order valence-electron chi connectivity index (χ2n) is 4.00. The van der Waals surface area contributed by atoms with E-state index in [9.17, 15) is 18.4 Å². The maximum absolute atomic E-state index is 13.1. The molecule has 110 valence electrons. The van der Waals surface area contributed by atoms with Crippen LogP contribution in [0.4, 0.5) is 8.78 Å². The van der Waals surface area contributed by atoms with Crippen LogP contribution in [-0.4, -0.2) is 17.0 Å². The highest BCUT2D eigenvalue weighted by molar-refractivity contribution is 6.33. The number of halogens is 3. The van der Waals surface area contributed by atoms with Crippen LogP contribution in [0, 0.1) is 11.6 Å². The summed E-state index contributed by atoms with van der Waals surface area (Å²) in [6.45, 7) is -0.124. The van der Waals surface area contributed by atoms with Gasteiger partial charge in [0, 0.05) is 0 Å². The summed E-state index contributed by atoms with van der Waals surface area (Å²) in [5.74, 6) is -4.42. The molecule has 21 heavy (non-hydrogen) atoms. The van der Waals surface area contributed by atoms with Crippen molar-refractivity contribution in [1.82, 2.24) is 5.32 Å². The van der Waals surface area contributed by atoms with Crippen molar-refractivity contribution in [1.29, 1.82) is 0 Å². The molecule has 1 amide bonds. The molecule has 1 heterocycles. The zero-order valence-corrected chi connectivity index (χ0v) is 11.1. The molecule has 0 atom stereocenters. The molecule has 0 aliphatic rings. The maximum Gasteiger partial charge on any atom is 0.371 e. The minimum atomic E-state index is -1.24. The van der Waals surface area contributed by atoms with E-state index in [2.05, 4.69) is 5.32 Å². The van der Waals surface area contributed by atoms with Crippen LogP contribution in [0.5, 0.6) is 0 Å². The van der Waals surface area contributed by atoms with Crippen molar-refractivity contribution >= 4 is 23.5 Å². The van der Waals surface area contributed by atoms with Crippen LogP contribution >= 0.6 is 11.6 Å². The molecule has 2 rings (SSSR count). The van der Waals surface area contributed by atoms with Gasteiger partial charge in [-0.25, -0.2) is 13.6 Å². The standard InChI is InChI=1S/C13H8ClF2NO4/c14-8-4-10(16)9(15)3-7(8)12(18)17-5-6-1-2-11(21-6)13(19)20/h1-4H,5H2,(H,17,18)(H,19,20). The Morgan fingerprint density at radius 3 is 2.52 bits per heavy atom. The van der Waals surface area contributed by atoms with Crippen LogP contribution in [0.15, 0.2) is 28.7 Å². The van der Waals surface area contributed by atoms with E-state index in [4.69, 9.17) is 21.1 Å². The van der Waals surface area contributed by atoms with Crippen molar-refractivity contribution in [3.05, 3.63) is 58.0 Å². The number of amides is 1. The Morgan fingerprint density at radius 2 is 1.90 bits per heavy atom. The average Bonchev–Trinajstić information content (AvgIpc) is 2.89. The summed E-state index contributed by atoms with van der Waals surface area (Å²) in [6.07, 6.45) is 0. The molecule has 0 saturated heterocycles. The summed E-state index contributed by atoms with van der Waals surface area (Å²) >= 11 is 5.66. The molecule has 0 radical (unpaired) electrons. The Kier molecular flexibility index (Phi) is 4.23. The molecule has 0 unspecified atom stereocenters. The fourth-order valence-corrected chi connectivity index (χ4v) is 1.78. The number of carbonyl (C=O) groups is 2. The number of carboxylic acids is 1. The van der Waals surface area contributed by atoms with E-state index in [1.165, 1.54) is 12.1 Å². The highest BCUT2D eigenvalue weighted by Gasteiger charge is 2.16. The third kappa shape index (κ3) is 3.38. The molecule has 1 aromatic carbocycles. The molecule has 0 bridgehead atoms. The lowest BCUT2D eigenvalue weighted by atomic mass is 10.2. The van der Waals surface area contributed by atoms with Crippen LogP contribution < -0.4 is 5.32 Å². The average molecular weight is 316 g/mol. The highest BCUT2D eigenvalue weighted by atomic mass is 35.5. The molecule has 0 aliphatic heterocycles. The zero-order chi connectivity index (χ0) is 15.6. The van der Waals surface area contributed by atoms with E-state index >= 15 is 0 Å². The van der Waals surface area contributed by atoms with Gasteiger partial charge in [0.2, 0.25) is 5.76 Å². The predicted octanol–water partition coefficient (Wildman–Crippen LogP) is 2.84. The largest absolute Gasteiger partial charge is 0.475 e. The first-order chi connectivity index (χ1) is 9.88. The van der Waals surface area contributed by atoms with Crippen LogP contribution in [0.25, 0.3) is 0 Å². The second kappa shape index (κ2) is 5.92. The predicted molar refractivity (Wildman–Crippen MR) is 68.2 cm³/mol. The van der Waals surface area contributed by atoms with Gasteiger partial charge in [0.25, 0.3) is 5.91 Å². The molecular weight excluding hydrogens is 308 g/mol. The molecule has 0 spiro atoms. The topological polar surface area (TPSA) is 79.5 Å². The van der Waals surface area contributed by atoms with Crippen molar-refractivity contribution in [3.8, 4) is 0 Å². The molecule has 2 N–H and O–H groups in total. The van der Waals surface area contributed by atoms with Crippen LogP contribution in [-0.2, 0) is 6.54 Å². The number of aromatic carboxylic acids is 1. The van der Waals surface area contributed by atoms with Gasteiger partial charge >= 0.3 is 5.97 Å². The molecule has 0 saturated carbocycles. The molecule has 8 heteroatoms. The summed E-state index contributed by atoms with van der Waals surface area (Å²) < 4.78 is 30.9. The van der Waals surface area contributed by atoms with Crippen LogP contribution in [0.2, 0.25) is 5.02 Å². The molecule has 2 aromatic rings. The van der Waals surface area contributed by atoms with E-state index in [0.717, 1.165) is 0 Å². The number of nitrogens with one attached hydrogen (secondary N) is 1. The number of carboxylic acid groups (broad SMARTS) is 1. The number of hydrogen-bond donors (Lipinski definition) is 2. The summed E-state index contributed by atoms with van der Waals surface area (Å²) in [5.41, 5.74) is -0.236.